The number of carboxylic acids is 1. The number of carbonyl (C=O) groups is 2. The minimum absolute atomic E-state index is 0.0380. The van der Waals surface area contributed by atoms with Gasteiger partial charge in [0.1, 0.15) is 0 Å². The lowest BCUT2D eigenvalue weighted by atomic mass is 10.0. The molecule has 0 unspecified atom stereocenters. The van der Waals surface area contributed by atoms with Crippen LogP contribution in [0.25, 0.3) is 27.7 Å². The summed E-state index contributed by atoms with van der Waals surface area (Å²) in [5.41, 5.74) is 2.00. The molecule has 2 aromatic carbocycles. The van der Waals surface area contributed by atoms with E-state index in [4.69, 9.17) is 0 Å². The maximum Gasteiger partial charge on any atom is 0.337 e. The van der Waals surface area contributed by atoms with Gasteiger partial charge in [-0.1, -0.05) is 42.5 Å². The van der Waals surface area contributed by atoms with Gasteiger partial charge in [0, 0.05) is 28.1 Å². The van der Waals surface area contributed by atoms with Crippen molar-refractivity contribution in [2.75, 3.05) is 0 Å². The van der Waals surface area contributed by atoms with Gasteiger partial charge in [-0.2, -0.15) is 0 Å². The largest absolute Gasteiger partial charge is 0.478 e. The van der Waals surface area contributed by atoms with Gasteiger partial charge in [-0.3, -0.25) is 19.1 Å². The maximum atomic E-state index is 13.4. The molecule has 4 aromatic rings. The van der Waals surface area contributed by atoms with Crippen LogP contribution in [0.4, 0.5) is 0 Å². The second-order valence-corrected chi connectivity index (χ2v) is 6.52. The highest BCUT2D eigenvalue weighted by molar-refractivity contribution is 6.26. The molecule has 0 bridgehead atoms. The molecule has 28 heavy (non-hydrogen) atoms. The fourth-order valence-corrected chi connectivity index (χ4v) is 3.77. The monoisotopic (exact) mass is 368 g/mol. The van der Waals surface area contributed by atoms with Crippen molar-refractivity contribution in [2.45, 2.75) is 0 Å². The minimum Gasteiger partial charge on any atom is -0.478 e. The van der Waals surface area contributed by atoms with Crippen LogP contribution < -0.4 is 5.56 Å². The van der Waals surface area contributed by atoms with E-state index in [1.165, 1.54) is 23.0 Å². The van der Waals surface area contributed by atoms with Crippen LogP contribution in [0.3, 0.4) is 0 Å². The lowest BCUT2D eigenvalue weighted by Gasteiger charge is -2.15. The highest BCUT2D eigenvalue weighted by atomic mass is 16.4. The van der Waals surface area contributed by atoms with Crippen molar-refractivity contribution in [3.63, 3.8) is 0 Å². The van der Waals surface area contributed by atoms with Crippen LogP contribution in [-0.4, -0.2) is 26.4 Å². The molecule has 6 heteroatoms. The predicted octanol–water partition coefficient (Wildman–Crippen LogP) is 3.30. The SMILES string of the molecule is O=C(O)c1cncc(-n2c3c(c4ccccc4c2=O)C(=O)c2ccccc2-3)c1. The summed E-state index contributed by atoms with van der Waals surface area (Å²) in [5.74, 6) is -1.30. The molecule has 0 spiro atoms. The molecule has 1 aliphatic rings. The van der Waals surface area contributed by atoms with E-state index in [1.807, 2.05) is 0 Å². The number of aromatic nitrogens is 2. The lowest BCUT2D eigenvalue weighted by molar-refractivity contribution is 0.0696. The number of hydrogen-bond donors (Lipinski definition) is 1. The summed E-state index contributed by atoms with van der Waals surface area (Å²) in [4.78, 5) is 41.9. The molecule has 6 nitrogen and oxygen atoms in total. The number of nitrogens with zero attached hydrogens (tertiary/aromatic N) is 2. The molecule has 0 radical (unpaired) electrons. The molecule has 2 heterocycles. The smallest absolute Gasteiger partial charge is 0.337 e. The van der Waals surface area contributed by atoms with E-state index < -0.39 is 5.97 Å². The number of pyridine rings is 2. The quantitative estimate of drug-likeness (QED) is 0.516. The zero-order chi connectivity index (χ0) is 19.4. The molecule has 0 aliphatic heterocycles. The van der Waals surface area contributed by atoms with Crippen LogP contribution in [-0.2, 0) is 0 Å². The van der Waals surface area contributed by atoms with Gasteiger partial charge in [-0.15, -0.1) is 0 Å². The van der Waals surface area contributed by atoms with Gasteiger partial charge in [-0.25, -0.2) is 4.79 Å². The van der Waals surface area contributed by atoms with Gasteiger partial charge in [0.25, 0.3) is 5.56 Å². The Morgan fingerprint density at radius 1 is 0.893 bits per heavy atom. The van der Waals surface area contributed by atoms with Crippen molar-refractivity contribution < 1.29 is 14.7 Å². The van der Waals surface area contributed by atoms with Gasteiger partial charge >= 0.3 is 5.97 Å². The molecule has 1 N–H and O–H groups in total. The summed E-state index contributed by atoms with van der Waals surface area (Å²) in [5, 5.41) is 10.3. The van der Waals surface area contributed by atoms with Crippen LogP contribution in [0.2, 0.25) is 0 Å². The first kappa shape index (κ1) is 16.1. The van der Waals surface area contributed by atoms with Crippen LogP contribution in [0.15, 0.2) is 71.8 Å². The fourth-order valence-electron chi connectivity index (χ4n) is 3.77. The molecule has 1 aliphatic carbocycles. The first-order valence-corrected chi connectivity index (χ1v) is 8.58. The van der Waals surface area contributed by atoms with Crippen molar-refractivity contribution in [1.29, 1.82) is 0 Å². The first-order valence-electron chi connectivity index (χ1n) is 8.58. The number of hydrogen-bond acceptors (Lipinski definition) is 4. The van der Waals surface area contributed by atoms with Crippen molar-refractivity contribution >= 4 is 22.5 Å². The van der Waals surface area contributed by atoms with Crippen LogP contribution in [0.1, 0.15) is 26.3 Å². The third-order valence-electron chi connectivity index (χ3n) is 4.97. The number of rotatable bonds is 2. The van der Waals surface area contributed by atoms with Crippen LogP contribution in [0, 0.1) is 0 Å². The van der Waals surface area contributed by atoms with Crippen LogP contribution in [0.5, 0.6) is 0 Å². The average Bonchev–Trinajstić information content (AvgIpc) is 3.01. The summed E-state index contributed by atoms with van der Waals surface area (Å²) in [6, 6.07) is 15.4. The van der Waals surface area contributed by atoms with Gasteiger partial charge in [0.05, 0.1) is 28.7 Å². The van der Waals surface area contributed by atoms with Crippen molar-refractivity contribution in [3.05, 3.63) is 94.0 Å². The molecule has 134 valence electrons. The maximum absolute atomic E-state index is 13.4. The van der Waals surface area contributed by atoms with Gasteiger partial charge in [0.2, 0.25) is 0 Å². The molecular weight excluding hydrogens is 356 g/mol. The normalized spacial score (nSPS) is 12.1. The molecule has 5 rings (SSSR count). The van der Waals surface area contributed by atoms with Gasteiger partial charge < -0.3 is 5.11 Å². The number of carbonyl (C=O) groups excluding carboxylic acids is 1. The van der Waals surface area contributed by atoms with Gasteiger partial charge in [-0.05, 0) is 12.1 Å². The van der Waals surface area contributed by atoms with Crippen LogP contribution >= 0.6 is 0 Å². The van der Waals surface area contributed by atoms with E-state index in [9.17, 15) is 19.5 Å². The summed E-state index contributed by atoms with van der Waals surface area (Å²) in [6.45, 7) is 0. The van der Waals surface area contributed by atoms with Gasteiger partial charge in [0.15, 0.2) is 5.78 Å². The second kappa shape index (κ2) is 5.72. The van der Waals surface area contributed by atoms with E-state index >= 15 is 0 Å². The summed E-state index contributed by atoms with van der Waals surface area (Å²) in [7, 11) is 0. The van der Waals surface area contributed by atoms with E-state index in [1.54, 1.807) is 48.5 Å². The standard InChI is InChI=1S/C22H12N2O4/c25-20-16-7-3-2-6-15(16)19-18(20)14-5-1-4-8-17(14)21(26)24(19)13-9-12(22(27)28)10-23-11-13/h1-11H,(H,27,28). The molecule has 2 aromatic heterocycles. The Morgan fingerprint density at radius 3 is 2.32 bits per heavy atom. The summed E-state index contributed by atoms with van der Waals surface area (Å²) < 4.78 is 1.39. The minimum atomic E-state index is -1.14. The van der Waals surface area contributed by atoms with Crippen molar-refractivity contribution in [2.24, 2.45) is 0 Å². The molecule has 0 saturated heterocycles. The Bertz CT molecular complexity index is 1390. The Hall–Kier alpha value is -4.06. The summed E-state index contributed by atoms with van der Waals surface area (Å²) in [6.07, 6.45) is 2.64. The lowest BCUT2D eigenvalue weighted by Crippen LogP contribution is -2.22. The Balaban J connectivity index is 1.99. The van der Waals surface area contributed by atoms with Crippen molar-refractivity contribution in [1.82, 2.24) is 9.55 Å². The number of benzene rings is 2. The van der Waals surface area contributed by atoms with E-state index in [-0.39, 0.29) is 16.9 Å². The highest BCUT2D eigenvalue weighted by Crippen LogP contribution is 2.40. The first-order chi connectivity index (χ1) is 13.6. The zero-order valence-electron chi connectivity index (χ0n) is 14.4. The number of carboxylic acid groups (broad SMARTS) is 1. The fraction of sp³-hybridized carbons (Fsp3) is 0. The Kier molecular flexibility index (Phi) is 3.30. The molecular formula is C22H12N2O4. The Labute approximate surface area is 158 Å². The summed E-state index contributed by atoms with van der Waals surface area (Å²) >= 11 is 0. The third kappa shape index (κ3) is 2.08. The van der Waals surface area contributed by atoms with E-state index in [2.05, 4.69) is 4.98 Å². The number of fused-ring (bicyclic) bond motifs is 5. The topological polar surface area (TPSA) is 89.3 Å². The second-order valence-electron chi connectivity index (χ2n) is 6.52. The van der Waals surface area contributed by atoms with E-state index in [0.717, 1.165) is 0 Å². The highest BCUT2D eigenvalue weighted by Gasteiger charge is 2.32. The van der Waals surface area contributed by atoms with E-state index in [0.29, 0.717) is 38.8 Å². The Morgan fingerprint density at radius 2 is 1.57 bits per heavy atom. The predicted molar refractivity (Wildman–Crippen MR) is 103 cm³/mol. The molecule has 0 fully saturated rings. The average molecular weight is 368 g/mol. The molecule has 0 atom stereocenters. The number of aromatic carboxylic acids is 1. The van der Waals surface area contributed by atoms with Crippen molar-refractivity contribution in [3.8, 4) is 16.9 Å². The third-order valence-corrected chi connectivity index (χ3v) is 4.97. The number of ketones is 1. The molecule has 0 amide bonds. The zero-order valence-corrected chi connectivity index (χ0v) is 14.4. The molecule has 0 saturated carbocycles.